The number of aromatic amines is 1. The topological polar surface area (TPSA) is 86.9 Å². The summed E-state index contributed by atoms with van der Waals surface area (Å²) in [6.45, 7) is -0.0841. The van der Waals surface area contributed by atoms with E-state index in [-0.39, 0.29) is 18.4 Å². The van der Waals surface area contributed by atoms with Gasteiger partial charge in [0.25, 0.3) is 5.91 Å². The highest BCUT2D eigenvalue weighted by atomic mass is 32.1. The minimum Gasteiger partial charge on any atom is -0.343 e. The number of carbonyl (C=O) groups is 2. The number of carbonyl (C=O) groups excluding carboxylic acids is 2. The summed E-state index contributed by atoms with van der Waals surface area (Å²) >= 11 is 1.43. The smallest absolute Gasteiger partial charge is 0.252 e. The molecule has 1 aromatic carbocycles. The van der Waals surface area contributed by atoms with Gasteiger partial charge in [0, 0.05) is 16.3 Å². The fraction of sp³-hybridized carbons (Fsp3) is 0.0714. The average Bonchev–Trinajstić information content (AvgIpc) is 3.16. The molecule has 0 fully saturated rings. The van der Waals surface area contributed by atoms with Crippen LogP contribution in [0.4, 0.5) is 5.69 Å². The molecule has 2 aromatic heterocycles. The second-order valence-corrected chi connectivity index (χ2v) is 5.16. The number of aromatic nitrogens is 2. The molecule has 0 bridgehead atoms. The molecule has 0 aliphatic rings. The quantitative estimate of drug-likeness (QED) is 0.688. The van der Waals surface area contributed by atoms with Crippen LogP contribution >= 0.6 is 11.3 Å². The number of fused-ring (bicyclic) bond motifs is 1. The van der Waals surface area contributed by atoms with E-state index in [9.17, 15) is 9.59 Å². The predicted octanol–water partition coefficient (Wildman–Crippen LogP) is 1.99. The molecular weight excluding hydrogens is 288 g/mol. The number of benzene rings is 1. The molecule has 0 aliphatic carbocycles. The monoisotopic (exact) mass is 300 g/mol. The Kier molecular flexibility index (Phi) is 3.65. The van der Waals surface area contributed by atoms with Crippen LogP contribution < -0.4 is 10.6 Å². The highest BCUT2D eigenvalue weighted by molar-refractivity contribution is 7.08. The zero-order valence-corrected chi connectivity index (χ0v) is 11.7. The van der Waals surface area contributed by atoms with Gasteiger partial charge in [0.2, 0.25) is 5.91 Å². The number of nitrogens with zero attached hydrogens (tertiary/aromatic N) is 1. The van der Waals surface area contributed by atoms with E-state index in [2.05, 4.69) is 20.8 Å². The Labute approximate surface area is 124 Å². The molecule has 6 nitrogen and oxygen atoms in total. The lowest BCUT2D eigenvalue weighted by Crippen LogP contribution is -2.32. The molecule has 0 unspecified atom stereocenters. The summed E-state index contributed by atoms with van der Waals surface area (Å²) in [6.07, 6.45) is 1.68. The van der Waals surface area contributed by atoms with Crippen molar-refractivity contribution in [3.05, 3.63) is 46.8 Å². The van der Waals surface area contributed by atoms with Crippen LogP contribution in [0.15, 0.2) is 41.2 Å². The summed E-state index contributed by atoms with van der Waals surface area (Å²) in [4.78, 5) is 23.6. The summed E-state index contributed by atoms with van der Waals surface area (Å²) < 4.78 is 0. The van der Waals surface area contributed by atoms with Gasteiger partial charge in [0.15, 0.2) is 0 Å². The lowest BCUT2D eigenvalue weighted by atomic mass is 10.2. The van der Waals surface area contributed by atoms with Crippen molar-refractivity contribution in [2.45, 2.75) is 0 Å². The third kappa shape index (κ3) is 2.92. The summed E-state index contributed by atoms with van der Waals surface area (Å²) in [5.74, 6) is -0.549. The first-order valence-electron chi connectivity index (χ1n) is 6.26. The second kappa shape index (κ2) is 5.76. The van der Waals surface area contributed by atoms with Crippen molar-refractivity contribution in [1.82, 2.24) is 15.5 Å². The molecule has 106 valence electrons. The Morgan fingerprint density at radius 2 is 2.19 bits per heavy atom. The number of amides is 2. The van der Waals surface area contributed by atoms with Gasteiger partial charge in [-0.3, -0.25) is 14.7 Å². The van der Waals surface area contributed by atoms with E-state index in [4.69, 9.17) is 0 Å². The average molecular weight is 300 g/mol. The first kappa shape index (κ1) is 13.3. The number of H-pyrrole nitrogens is 1. The highest BCUT2D eigenvalue weighted by Gasteiger charge is 2.10. The largest absolute Gasteiger partial charge is 0.343 e. The third-order valence-electron chi connectivity index (χ3n) is 2.94. The van der Waals surface area contributed by atoms with E-state index >= 15 is 0 Å². The van der Waals surface area contributed by atoms with E-state index in [1.165, 1.54) is 11.3 Å². The number of thiophene rings is 1. The van der Waals surface area contributed by atoms with Gasteiger partial charge in [-0.2, -0.15) is 16.4 Å². The molecule has 3 rings (SSSR count). The van der Waals surface area contributed by atoms with E-state index in [0.717, 1.165) is 10.9 Å². The number of hydrogen-bond acceptors (Lipinski definition) is 4. The number of anilines is 1. The first-order chi connectivity index (χ1) is 10.2. The zero-order chi connectivity index (χ0) is 14.7. The van der Waals surface area contributed by atoms with Gasteiger partial charge in [-0.15, -0.1) is 0 Å². The number of rotatable bonds is 4. The lowest BCUT2D eigenvalue weighted by molar-refractivity contribution is -0.115. The Balaban J connectivity index is 1.62. The summed E-state index contributed by atoms with van der Waals surface area (Å²) in [5.41, 5.74) is 1.96. The van der Waals surface area contributed by atoms with E-state index in [1.807, 2.05) is 17.5 Å². The van der Waals surface area contributed by atoms with Gasteiger partial charge in [-0.25, -0.2) is 0 Å². The molecule has 3 N–H and O–H groups in total. The molecule has 7 heteroatoms. The maximum Gasteiger partial charge on any atom is 0.252 e. The van der Waals surface area contributed by atoms with Crippen molar-refractivity contribution < 1.29 is 9.59 Å². The van der Waals surface area contributed by atoms with Gasteiger partial charge in [-0.05, 0) is 17.5 Å². The molecule has 0 radical (unpaired) electrons. The van der Waals surface area contributed by atoms with Crippen LogP contribution in [0.25, 0.3) is 10.9 Å². The Bertz CT molecular complexity index is 779. The SMILES string of the molecule is O=C(CNC(=O)c1ccsc1)Nc1cccc2cn[nH]c12. The van der Waals surface area contributed by atoms with Gasteiger partial charge in [0.1, 0.15) is 0 Å². The molecule has 2 amide bonds. The zero-order valence-electron chi connectivity index (χ0n) is 10.9. The Morgan fingerprint density at radius 3 is 3.00 bits per heavy atom. The van der Waals surface area contributed by atoms with Crippen molar-refractivity contribution in [3.8, 4) is 0 Å². The molecular formula is C14H12N4O2S. The maximum atomic E-state index is 11.9. The van der Waals surface area contributed by atoms with Gasteiger partial charge < -0.3 is 10.6 Å². The van der Waals surface area contributed by atoms with Crippen LogP contribution in [0.1, 0.15) is 10.4 Å². The second-order valence-electron chi connectivity index (χ2n) is 4.38. The number of para-hydroxylation sites is 1. The van der Waals surface area contributed by atoms with Crippen molar-refractivity contribution in [2.75, 3.05) is 11.9 Å². The third-order valence-corrected chi connectivity index (χ3v) is 3.63. The predicted molar refractivity (Wildman–Crippen MR) is 81.4 cm³/mol. The van der Waals surface area contributed by atoms with Crippen LogP contribution in [0.5, 0.6) is 0 Å². The van der Waals surface area contributed by atoms with E-state index < -0.39 is 0 Å². The summed E-state index contributed by atoms with van der Waals surface area (Å²) in [6, 6.07) is 7.21. The molecule has 0 spiro atoms. The van der Waals surface area contributed by atoms with Crippen molar-refractivity contribution >= 4 is 39.7 Å². The molecule has 2 heterocycles. The molecule has 0 saturated heterocycles. The minimum atomic E-state index is -0.291. The van der Waals surface area contributed by atoms with Crippen molar-refractivity contribution in [3.63, 3.8) is 0 Å². The maximum absolute atomic E-state index is 11.9. The van der Waals surface area contributed by atoms with Crippen LogP contribution in [0.2, 0.25) is 0 Å². The normalized spacial score (nSPS) is 10.5. The fourth-order valence-corrected chi connectivity index (χ4v) is 2.56. The molecule has 0 aliphatic heterocycles. The molecule has 3 aromatic rings. The lowest BCUT2D eigenvalue weighted by Gasteiger charge is -2.07. The minimum absolute atomic E-state index is 0.0841. The number of hydrogen-bond donors (Lipinski definition) is 3. The molecule has 21 heavy (non-hydrogen) atoms. The Hall–Kier alpha value is -2.67. The van der Waals surface area contributed by atoms with Crippen molar-refractivity contribution in [2.24, 2.45) is 0 Å². The summed E-state index contributed by atoms with van der Waals surface area (Å²) in [7, 11) is 0. The summed E-state index contributed by atoms with van der Waals surface area (Å²) in [5, 5.41) is 16.5. The van der Waals surface area contributed by atoms with Crippen LogP contribution in [-0.2, 0) is 4.79 Å². The molecule has 0 atom stereocenters. The van der Waals surface area contributed by atoms with Gasteiger partial charge in [0.05, 0.1) is 23.9 Å². The van der Waals surface area contributed by atoms with Crippen LogP contribution in [-0.4, -0.2) is 28.6 Å². The van der Waals surface area contributed by atoms with Crippen molar-refractivity contribution in [1.29, 1.82) is 0 Å². The van der Waals surface area contributed by atoms with Gasteiger partial charge in [-0.1, -0.05) is 12.1 Å². The van der Waals surface area contributed by atoms with E-state index in [1.54, 1.807) is 23.7 Å². The van der Waals surface area contributed by atoms with Crippen LogP contribution in [0.3, 0.4) is 0 Å². The standard InChI is InChI=1S/C14H12N4O2S/c19-12(7-15-14(20)10-4-5-21-8-10)17-11-3-1-2-9-6-16-18-13(9)11/h1-6,8H,7H2,(H,15,20)(H,16,18)(H,17,19). The van der Waals surface area contributed by atoms with E-state index in [0.29, 0.717) is 11.3 Å². The number of nitrogens with one attached hydrogen (secondary N) is 3. The fourth-order valence-electron chi connectivity index (χ4n) is 1.92. The first-order valence-corrected chi connectivity index (χ1v) is 7.20. The highest BCUT2D eigenvalue weighted by Crippen LogP contribution is 2.20. The Morgan fingerprint density at radius 1 is 1.29 bits per heavy atom. The van der Waals surface area contributed by atoms with Crippen LogP contribution in [0, 0.1) is 0 Å². The van der Waals surface area contributed by atoms with Gasteiger partial charge >= 0.3 is 0 Å². The molecule has 0 saturated carbocycles.